The molecule has 1 heterocycles. The van der Waals surface area contributed by atoms with Gasteiger partial charge in [-0.15, -0.1) is 0 Å². The highest BCUT2D eigenvalue weighted by Crippen LogP contribution is 2.30. The molecule has 2 rings (SSSR count). The first-order valence-electron chi connectivity index (χ1n) is 7.30. The summed E-state index contributed by atoms with van der Waals surface area (Å²) in [6.45, 7) is 5.03. The van der Waals surface area contributed by atoms with Crippen molar-refractivity contribution in [2.75, 3.05) is 24.6 Å². The zero-order valence-corrected chi connectivity index (χ0v) is 13.3. The topological polar surface area (TPSA) is 71.2 Å². The van der Waals surface area contributed by atoms with E-state index in [1.54, 1.807) is 0 Å². The predicted octanol–water partition coefficient (Wildman–Crippen LogP) is 2.81. The Morgan fingerprint density at radius 3 is 2.95 bits per heavy atom. The second kappa shape index (κ2) is 6.43. The molecule has 2 unspecified atom stereocenters. The van der Waals surface area contributed by atoms with Crippen LogP contribution in [0, 0.1) is 5.92 Å². The molecule has 0 radical (unpaired) electrons. The average Bonchev–Trinajstić information content (AvgIpc) is 2.78. The van der Waals surface area contributed by atoms with Crippen LogP contribution in [0.3, 0.4) is 0 Å². The number of nitrogens with two attached hydrogens (primary N) is 1. The van der Waals surface area contributed by atoms with Gasteiger partial charge in [-0.25, -0.2) is 4.98 Å². The Morgan fingerprint density at radius 2 is 2.30 bits per heavy atom. The molecule has 1 aliphatic rings. The second-order valence-electron chi connectivity index (χ2n) is 5.61. The fourth-order valence-corrected chi connectivity index (χ4v) is 3.73. The van der Waals surface area contributed by atoms with Crippen molar-refractivity contribution in [3.8, 4) is 0 Å². The van der Waals surface area contributed by atoms with Crippen LogP contribution >= 0.6 is 11.3 Å². The van der Waals surface area contributed by atoms with Crippen LogP contribution in [0.4, 0.5) is 10.9 Å². The number of nitrogen functional groups attached to an aromatic ring is 1. The second-order valence-corrected chi connectivity index (χ2v) is 6.60. The molecule has 1 aliphatic carbocycles. The fourth-order valence-electron chi connectivity index (χ4n) is 2.79. The van der Waals surface area contributed by atoms with Gasteiger partial charge in [0.2, 0.25) is 0 Å². The van der Waals surface area contributed by atoms with Gasteiger partial charge in [0, 0.05) is 19.6 Å². The molecule has 5 nitrogen and oxygen atoms in total. The summed E-state index contributed by atoms with van der Waals surface area (Å²) in [5.74, 6) is 1.04. The number of hydrogen-bond donors (Lipinski definition) is 2. The number of nitrogens with one attached hydrogen (secondary N) is 1. The Balaban J connectivity index is 2.09. The zero-order chi connectivity index (χ0) is 14.7. The van der Waals surface area contributed by atoms with E-state index in [2.05, 4.69) is 17.2 Å². The van der Waals surface area contributed by atoms with Crippen molar-refractivity contribution in [3.63, 3.8) is 0 Å². The molecule has 1 aromatic heterocycles. The lowest BCUT2D eigenvalue weighted by atomic mass is 9.86. The highest BCUT2D eigenvalue weighted by atomic mass is 32.1. The first-order chi connectivity index (χ1) is 9.52. The first-order valence-corrected chi connectivity index (χ1v) is 8.11. The molecule has 20 heavy (non-hydrogen) atoms. The summed E-state index contributed by atoms with van der Waals surface area (Å²) in [6.07, 6.45) is 4.64. The number of anilines is 2. The summed E-state index contributed by atoms with van der Waals surface area (Å²) in [5.41, 5.74) is 5.88. The van der Waals surface area contributed by atoms with Crippen molar-refractivity contribution >= 4 is 28.2 Å². The summed E-state index contributed by atoms with van der Waals surface area (Å²) in [7, 11) is 1.89. The minimum atomic E-state index is 0.00301. The third-order valence-corrected chi connectivity index (χ3v) is 4.97. The van der Waals surface area contributed by atoms with Gasteiger partial charge < -0.3 is 16.0 Å². The summed E-state index contributed by atoms with van der Waals surface area (Å²) >= 11 is 1.35. The van der Waals surface area contributed by atoms with Crippen LogP contribution in [-0.4, -0.2) is 35.4 Å². The van der Waals surface area contributed by atoms with Crippen LogP contribution in [0.5, 0.6) is 0 Å². The number of carbonyl (C=O) groups excluding carboxylic acids is 1. The van der Waals surface area contributed by atoms with Crippen LogP contribution in [0.25, 0.3) is 0 Å². The van der Waals surface area contributed by atoms with E-state index in [9.17, 15) is 4.79 Å². The third-order valence-electron chi connectivity index (χ3n) is 3.95. The van der Waals surface area contributed by atoms with Gasteiger partial charge in [-0.2, -0.15) is 0 Å². The van der Waals surface area contributed by atoms with Crippen molar-refractivity contribution < 1.29 is 4.79 Å². The molecule has 3 N–H and O–H groups in total. The Morgan fingerprint density at radius 1 is 1.55 bits per heavy atom. The smallest absolute Gasteiger partial charge is 0.267 e. The van der Waals surface area contributed by atoms with Gasteiger partial charge in [-0.05, 0) is 25.7 Å². The number of rotatable bonds is 4. The van der Waals surface area contributed by atoms with Crippen LogP contribution in [0.2, 0.25) is 0 Å². The lowest BCUT2D eigenvalue weighted by molar-refractivity contribution is 0.0678. The van der Waals surface area contributed by atoms with Crippen molar-refractivity contribution in [2.24, 2.45) is 5.92 Å². The van der Waals surface area contributed by atoms with Crippen LogP contribution in [0.1, 0.15) is 49.2 Å². The van der Waals surface area contributed by atoms with Crippen molar-refractivity contribution in [1.29, 1.82) is 0 Å². The molecule has 0 aliphatic heterocycles. The van der Waals surface area contributed by atoms with E-state index in [1.807, 2.05) is 18.9 Å². The maximum Gasteiger partial charge on any atom is 0.267 e. The molecule has 1 saturated carbocycles. The van der Waals surface area contributed by atoms with Crippen molar-refractivity contribution in [3.05, 3.63) is 4.88 Å². The summed E-state index contributed by atoms with van der Waals surface area (Å²) in [4.78, 5) is 19.2. The van der Waals surface area contributed by atoms with Gasteiger partial charge in [-0.1, -0.05) is 31.1 Å². The van der Waals surface area contributed by atoms with E-state index in [1.165, 1.54) is 24.2 Å². The van der Waals surface area contributed by atoms with Crippen molar-refractivity contribution in [1.82, 2.24) is 9.88 Å². The van der Waals surface area contributed by atoms with Crippen LogP contribution in [0.15, 0.2) is 0 Å². The fraction of sp³-hybridized carbons (Fsp3) is 0.714. The first kappa shape index (κ1) is 15.1. The maximum absolute atomic E-state index is 12.6. The molecular weight excluding hydrogens is 272 g/mol. The van der Waals surface area contributed by atoms with E-state index < -0.39 is 0 Å². The van der Waals surface area contributed by atoms with Crippen LogP contribution < -0.4 is 11.1 Å². The normalized spacial score (nSPS) is 22.6. The lowest BCUT2D eigenvalue weighted by Gasteiger charge is -2.33. The molecule has 6 heteroatoms. The third kappa shape index (κ3) is 3.23. The van der Waals surface area contributed by atoms with Gasteiger partial charge in [0.25, 0.3) is 5.91 Å². The Labute approximate surface area is 124 Å². The molecule has 1 amide bonds. The highest BCUT2D eigenvalue weighted by Gasteiger charge is 2.28. The molecular formula is C14H24N4OS. The molecule has 112 valence electrons. The van der Waals surface area contributed by atoms with Gasteiger partial charge >= 0.3 is 0 Å². The largest absolute Gasteiger partial charge is 0.382 e. The monoisotopic (exact) mass is 296 g/mol. The Bertz CT molecular complexity index is 474. The number of amides is 1. The summed E-state index contributed by atoms with van der Waals surface area (Å²) < 4.78 is 0. The highest BCUT2D eigenvalue weighted by molar-refractivity contribution is 7.18. The summed E-state index contributed by atoms with van der Waals surface area (Å²) in [5, 5.41) is 3.83. The van der Waals surface area contributed by atoms with Gasteiger partial charge in [0.15, 0.2) is 5.13 Å². The van der Waals surface area contributed by atoms with Gasteiger partial charge in [-0.3, -0.25) is 4.79 Å². The number of aromatic nitrogens is 1. The van der Waals surface area contributed by atoms with E-state index >= 15 is 0 Å². The van der Waals surface area contributed by atoms with E-state index in [0.717, 1.165) is 24.5 Å². The molecule has 1 aromatic rings. The molecule has 0 saturated heterocycles. The molecule has 2 atom stereocenters. The zero-order valence-electron chi connectivity index (χ0n) is 12.5. The molecule has 0 spiro atoms. The quantitative estimate of drug-likeness (QED) is 0.896. The standard InChI is InChI=1S/C14H24N4OS/c1-4-16-14-17-12(15)11(20-14)13(19)18(3)10-7-5-6-9(2)8-10/h9-10H,4-8,15H2,1-3H3,(H,16,17). The maximum atomic E-state index is 12.6. The number of carbonyl (C=O) groups is 1. The molecule has 1 fully saturated rings. The molecule has 0 aromatic carbocycles. The minimum absolute atomic E-state index is 0.00301. The lowest BCUT2D eigenvalue weighted by Crippen LogP contribution is -2.39. The minimum Gasteiger partial charge on any atom is -0.382 e. The van der Waals surface area contributed by atoms with E-state index in [4.69, 9.17) is 5.73 Å². The van der Waals surface area contributed by atoms with E-state index in [-0.39, 0.29) is 5.91 Å². The van der Waals surface area contributed by atoms with Gasteiger partial charge in [0.05, 0.1) is 0 Å². The number of hydrogen-bond acceptors (Lipinski definition) is 5. The predicted molar refractivity (Wildman–Crippen MR) is 84.2 cm³/mol. The van der Waals surface area contributed by atoms with Crippen LogP contribution in [-0.2, 0) is 0 Å². The number of nitrogens with zero attached hydrogens (tertiary/aromatic N) is 2. The Kier molecular flexibility index (Phi) is 4.86. The van der Waals surface area contributed by atoms with E-state index in [0.29, 0.717) is 22.7 Å². The molecule has 0 bridgehead atoms. The Hall–Kier alpha value is -1.30. The average molecular weight is 296 g/mol. The van der Waals surface area contributed by atoms with Crippen molar-refractivity contribution in [2.45, 2.75) is 45.6 Å². The number of thiazole rings is 1. The van der Waals surface area contributed by atoms with Gasteiger partial charge in [0.1, 0.15) is 10.7 Å². The SMILES string of the molecule is CCNc1nc(N)c(C(=O)N(C)C2CCCC(C)C2)s1. The summed E-state index contributed by atoms with van der Waals surface area (Å²) in [6, 6.07) is 0.329.